The van der Waals surface area contributed by atoms with Crippen LogP contribution in [-0.4, -0.2) is 23.7 Å². The van der Waals surface area contributed by atoms with Gasteiger partial charge in [-0.15, -0.1) is 11.3 Å². The van der Waals surface area contributed by atoms with Gasteiger partial charge in [0.25, 0.3) is 5.91 Å². The van der Waals surface area contributed by atoms with Gasteiger partial charge in [0.2, 0.25) is 0 Å². The largest absolute Gasteiger partial charge is 0.394 e. The third kappa shape index (κ3) is 2.93. The van der Waals surface area contributed by atoms with E-state index in [9.17, 15) is 4.79 Å². The van der Waals surface area contributed by atoms with E-state index >= 15 is 0 Å². The molecule has 4 heteroatoms. The number of carbonyl (C=O) groups excluding carboxylic acids is 1. The summed E-state index contributed by atoms with van der Waals surface area (Å²) >= 11 is 1.61. The van der Waals surface area contributed by atoms with Crippen molar-refractivity contribution in [3.8, 4) is 0 Å². The molecule has 0 saturated carbocycles. The van der Waals surface area contributed by atoms with E-state index < -0.39 is 0 Å². The van der Waals surface area contributed by atoms with Gasteiger partial charge in [0.15, 0.2) is 0 Å². The summed E-state index contributed by atoms with van der Waals surface area (Å²) in [5.41, 5.74) is 1.36. The normalized spacial score (nSPS) is 20.3. The Morgan fingerprint density at radius 1 is 1.67 bits per heavy atom. The molecule has 2 rings (SSSR count). The number of hydrogen-bond donors (Lipinski definition) is 2. The van der Waals surface area contributed by atoms with E-state index in [1.54, 1.807) is 18.3 Å². The average Bonchev–Trinajstić information content (AvgIpc) is 2.81. The number of carbonyl (C=O) groups is 1. The molecule has 3 nitrogen and oxygen atoms in total. The predicted molar refractivity (Wildman–Crippen MR) is 74.1 cm³/mol. The molecule has 1 amide bonds. The summed E-state index contributed by atoms with van der Waals surface area (Å²) < 4.78 is 0. The summed E-state index contributed by atoms with van der Waals surface area (Å²) in [6, 6.07) is 1.86. The topological polar surface area (TPSA) is 49.3 Å². The lowest BCUT2D eigenvalue weighted by atomic mass is 9.87. The maximum absolute atomic E-state index is 12.0. The minimum absolute atomic E-state index is 0.0191. The van der Waals surface area contributed by atoms with Crippen LogP contribution in [-0.2, 0) is 12.8 Å². The first-order valence-electron chi connectivity index (χ1n) is 6.67. The number of thiophene rings is 1. The molecule has 1 aliphatic carbocycles. The molecule has 1 unspecified atom stereocenters. The molecule has 0 saturated heterocycles. The van der Waals surface area contributed by atoms with Crippen LogP contribution in [0.15, 0.2) is 6.07 Å². The molecule has 0 aliphatic heterocycles. The van der Waals surface area contributed by atoms with Crippen molar-refractivity contribution in [1.29, 1.82) is 0 Å². The number of amides is 1. The molecule has 1 aliphatic rings. The lowest BCUT2D eigenvalue weighted by Gasteiger charge is -2.19. The summed E-state index contributed by atoms with van der Waals surface area (Å²) in [6.45, 7) is 4.02. The molecule has 2 atom stereocenters. The Bertz CT molecular complexity index is 427. The van der Waals surface area contributed by atoms with E-state index in [1.165, 1.54) is 23.3 Å². The Morgan fingerprint density at radius 2 is 2.44 bits per heavy atom. The van der Waals surface area contributed by atoms with Crippen LogP contribution in [0.1, 0.15) is 46.8 Å². The van der Waals surface area contributed by atoms with Crippen molar-refractivity contribution in [2.45, 2.75) is 45.6 Å². The second-order valence-corrected chi connectivity index (χ2v) is 6.27. The molecule has 0 aromatic carbocycles. The number of rotatable bonds is 4. The molecule has 0 bridgehead atoms. The van der Waals surface area contributed by atoms with Crippen molar-refractivity contribution in [3.05, 3.63) is 21.4 Å². The van der Waals surface area contributed by atoms with Crippen molar-refractivity contribution in [1.82, 2.24) is 5.32 Å². The first-order valence-corrected chi connectivity index (χ1v) is 7.49. The molecule has 1 aromatic rings. The molecule has 1 heterocycles. The SMILES string of the molecule is CCC1CCc2sc(C(=O)N[C@H](C)CO)cc2C1. The quantitative estimate of drug-likeness (QED) is 0.880. The Labute approximate surface area is 112 Å². The highest BCUT2D eigenvalue weighted by atomic mass is 32.1. The number of aliphatic hydroxyl groups excluding tert-OH is 1. The van der Waals surface area contributed by atoms with E-state index in [1.807, 2.05) is 6.07 Å². The van der Waals surface area contributed by atoms with Gasteiger partial charge in [-0.25, -0.2) is 0 Å². The van der Waals surface area contributed by atoms with E-state index in [0.717, 1.165) is 23.6 Å². The standard InChI is InChI=1S/C14H21NO2S/c1-3-10-4-5-12-11(6-10)7-13(18-12)14(17)15-9(2)8-16/h7,9-10,16H,3-6,8H2,1-2H3,(H,15,17)/t9-,10?/m1/s1. The highest BCUT2D eigenvalue weighted by Gasteiger charge is 2.22. The number of aryl methyl sites for hydroxylation is 1. The lowest BCUT2D eigenvalue weighted by molar-refractivity contribution is 0.0926. The highest BCUT2D eigenvalue weighted by molar-refractivity contribution is 7.14. The monoisotopic (exact) mass is 267 g/mol. The zero-order valence-electron chi connectivity index (χ0n) is 11.0. The minimum Gasteiger partial charge on any atom is -0.394 e. The summed E-state index contributed by atoms with van der Waals surface area (Å²) in [6.07, 6.45) is 4.70. The first-order chi connectivity index (χ1) is 8.63. The predicted octanol–water partition coefficient (Wildman–Crippen LogP) is 2.37. The van der Waals surface area contributed by atoms with Gasteiger partial charge in [0.1, 0.15) is 0 Å². The van der Waals surface area contributed by atoms with Gasteiger partial charge in [-0.1, -0.05) is 13.3 Å². The fourth-order valence-corrected chi connectivity index (χ4v) is 3.51. The van der Waals surface area contributed by atoms with Gasteiger partial charge < -0.3 is 10.4 Å². The number of aliphatic hydroxyl groups is 1. The van der Waals surface area contributed by atoms with Crippen LogP contribution in [0.5, 0.6) is 0 Å². The van der Waals surface area contributed by atoms with Crippen LogP contribution in [0.2, 0.25) is 0 Å². The van der Waals surface area contributed by atoms with Crippen molar-refractivity contribution in [2.24, 2.45) is 5.92 Å². The number of hydrogen-bond acceptors (Lipinski definition) is 3. The molecule has 0 fully saturated rings. The van der Waals surface area contributed by atoms with E-state index in [2.05, 4.69) is 12.2 Å². The molecular weight excluding hydrogens is 246 g/mol. The van der Waals surface area contributed by atoms with Crippen LogP contribution >= 0.6 is 11.3 Å². The van der Waals surface area contributed by atoms with Crippen molar-refractivity contribution >= 4 is 17.2 Å². The Kier molecular flexibility index (Phi) is 4.40. The molecular formula is C14H21NO2S. The second kappa shape index (κ2) is 5.85. The van der Waals surface area contributed by atoms with Gasteiger partial charge in [-0.05, 0) is 43.7 Å². The maximum Gasteiger partial charge on any atom is 0.261 e. The van der Waals surface area contributed by atoms with Gasteiger partial charge in [0.05, 0.1) is 11.5 Å². The van der Waals surface area contributed by atoms with E-state index in [-0.39, 0.29) is 18.6 Å². The van der Waals surface area contributed by atoms with Crippen molar-refractivity contribution < 1.29 is 9.90 Å². The average molecular weight is 267 g/mol. The van der Waals surface area contributed by atoms with Gasteiger partial charge in [-0.2, -0.15) is 0 Å². The molecule has 18 heavy (non-hydrogen) atoms. The summed E-state index contributed by atoms with van der Waals surface area (Å²) in [7, 11) is 0. The highest BCUT2D eigenvalue weighted by Crippen LogP contribution is 2.33. The third-order valence-corrected chi connectivity index (χ3v) is 4.87. The molecule has 0 spiro atoms. The summed E-state index contributed by atoms with van der Waals surface area (Å²) in [4.78, 5) is 14.1. The van der Waals surface area contributed by atoms with Crippen LogP contribution in [0, 0.1) is 5.92 Å². The third-order valence-electron chi connectivity index (χ3n) is 3.64. The Balaban J connectivity index is 2.08. The van der Waals surface area contributed by atoms with Gasteiger partial charge >= 0.3 is 0 Å². The van der Waals surface area contributed by atoms with Gasteiger partial charge in [-0.3, -0.25) is 4.79 Å². The minimum atomic E-state index is -0.181. The summed E-state index contributed by atoms with van der Waals surface area (Å²) in [5.74, 6) is 0.725. The molecule has 100 valence electrons. The smallest absolute Gasteiger partial charge is 0.261 e. The number of nitrogens with one attached hydrogen (secondary N) is 1. The van der Waals surface area contributed by atoms with Crippen LogP contribution in [0.3, 0.4) is 0 Å². The van der Waals surface area contributed by atoms with E-state index in [4.69, 9.17) is 5.11 Å². The zero-order valence-corrected chi connectivity index (χ0v) is 11.8. The van der Waals surface area contributed by atoms with E-state index in [0.29, 0.717) is 0 Å². The number of fused-ring (bicyclic) bond motifs is 1. The summed E-state index contributed by atoms with van der Waals surface area (Å²) in [5, 5.41) is 11.7. The van der Waals surface area contributed by atoms with Crippen molar-refractivity contribution in [3.63, 3.8) is 0 Å². The van der Waals surface area contributed by atoms with Crippen LogP contribution in [0.4, 0.5) is 0 Å². The fourth-order valence-electron chi connectivity index (χ4n) is 2.40. The fraction of sp³-hybridized carbons (Fsp3) is 0.643. The van der Waals surface area contributed by atoms with Crippen molar-refractivity contribution in [2.75, 3.05) is 6.61 Å². The van der Waals surface area contributed by atoms with Crippen LogP contribution in [0.25, 0.3) is 0 Å². The van der Waals surface area contributed by atoms with Gasteiger partial charge in [0, 0.05) is 10.9 Å². The second-order valence-electron chi connectivity index (χ2n) is 5.13. The molecule has 0 radical (unpaired) electrons. The van der Waals surface area contributed by atoms with Crippen LogP contribution < -0.4 is 5.32 Å². The Hall–Kier alpha value is -0.870. The maximum atomic E-state index is 12.0. The molecule has 2 N–H and O–H groups in total. The molecule has 1 aromatic heterocycles. The lowest BCUT2D eigenvalue weighted by Crippen LogP contribution is -2.34. The zero-order chi connectivity index (χ0) is 13.1. The Morgan fingerprint density at radius 3 is 3.11 bits per heavy atom. The first kappa shape index (κ1) is 13.6.